The van der Waals surface area contributed by atoms with E-state index < -0.39 is 9.05 Å². The molecule has 15 heavy (non-hydrogen) atoms. The number of hydrogen-bond acceptors (Lipinski definition) is 4. The molecule has 1 aliphatic rings. The molecule has 2 rings (SSSR count). The Bertz CT molecular complexity index is 469. The highest BCUT2D eigenvalue weighted by atomic mass is 35.7. The predicted molar refractivity (Wildman–Crippen MR) is 55.2 cm³/mol. The molecule has 0 fully saturated rings. The van der Waals surface area contributed by atoms with Gasteiger partial charge in [-0.05, 0) is 17.7 Å². The van der Waals surface area contributed by atoms with Crippen LogP contribution in [-0.2, 0) is 26.1 Å². The molecule has 0 spiro atoms. The lowest BCUT2D eigenvalue weighted by Crippen LogP contribution is -2.11. The van der Waals surface area contributed by atoms with Crippen LogP contribution in [0.15, 0.2) is 18.2 Å². The number of fused-ring (bicyclic) bond motifs is 1. The molecular weight excluding hydrogens is 240 g/mol. The molecule has 0 saturated heterocycles. The Labute approximate surface area is 92.2 Å². The molecule has 0 amide bonds. The first-order valence-corrected chi connectivity index (χ1v) is 6.77. The predicted octanol–water partition coefficient (Wildman–Crippen LogP) is 1.62. The molecule has 0 saturated carbocycles. The SMILES string of the molecule is O=S(=O)(Cl)Cc1ccc2c(c1)COCO2. The summed E-state index contributed by atoms with van der Waals surface area (Å²) >= 11 is 0. The van der Waals surface area contributed by atoms with Crippen LogP contribution in [0.4, 0.5) is 0 Å². The Kier molecular flexibility index (Phi) is 2.86. The van der Waals surface area contributed by atoms with Crippen LogP contribution in [0.2, 0.25) is 0 Å². The minimum absolute atomic E-state index is 0.179. The molecule has 1 aromatic rings. The third-order valence-electron chi connectivity index (χ3n) is 2.02. The maximum Gasteiger partial charge on any atom is 0.236 e. The van der Waals surface area contributed by atoms with Gasteiger partial charge in [-0.25, -0.2) is 8.42 Å². The lowest BCUT2D eigenvalue weighted by atomic mass is 10.1. The molecule has 1 heterocycles. The van der Waals surface area contributed by atoms with Crippen LogP contribution in [0.25, 0.3) is 0 Å². The van der Waals surface area contributed by atoms with Crippen molar-refractivity contribution in [2.45, 2.75) is 12.4 Å². The van der Waals surface area contributed by atoms with Crippen LogP contribution in [-0.4, -0.2) is 15.2 Å². The quantitative estimate of drug-likeness (QED) is 0.747. The zero-order chi connectivity index (χ0) is 10.9. The monoisotopic (exact) mass is 248 g/mol. The van der Waals surface area contributed by atoms with Gasteiger partial charge in [0.1, 0.15) is 5.75 Å². The Morgan fingerprint density at radius 1 is 1.40 bits per heavy atom. The van der Waals surface area contributed by atoms with Gasteiger partial charge in [-0.1, -0.05) is 6.07 Å². The second-order valence-electron chi connectivity index (χ2n) is 3.24. The van der Waals surface area contributed by atoms with Crippen molar-refractivity contribution < 1.29 is 17.9 Å². The van der Waals surface area contributed by atoms with Crippen molar-refractivity contribution in [1.29, 1.82) is 0 Å². The van der Waals surface area contributed by atoms with E-state index in [-0.39, 0.29) is 12.5 Å². The van der Waals surface area contributed by atoms with Crippen LogP contribution in [0, 0.1) is 0 Å². The van der Waals surface area contributed by atoms with E-state index in [1.165, 1.54) is 0 Å². The topological polar surface area (TPSA) is 52.6 Å². The van der Waals surface area contributed by atoms with Crippen LogP contribution in [0.5, 0.6) is 5.75 Å². The fourth-order valence-corrected chi connectivity index (χ4v) is 2.39. The van der Waals surface area contributed by atoms with Gasteiger partial charge in [-0.3, -0.25) is 0 Å². The van der Waals surface area contributed by atoms with E-state index in [1.54, 1.807) is 18.2 Å². The number of rotatable bonds is 2. The Hall–Kier alpha value is -0.780. The summed E-state index contributed by atoms with van der Waals surface area (Å²) in [7, 11) is 1.65. The minimum Gasteiger partial charge on any atom is -0.467 e. The number of hydrogen-bond donors (Lipinski definition) is 0. The molecule has 0 aromatic heterocycles. The van der Waals surface area contributed by atoms with Gasteiger partial charge in [0, 0.05) is 16.2 Å². The molecule has 0 unspecified atom stereocenters. The van der Waals surface area contributed by atoms with Crippen LogP contribution in [0.1, 0.15) is 11.1 Å². The molecule has 6 heteroatoms. The summed E-state index contributed by atoms with van der Waals surface area (Å²) in [4.78, 5) is 0. The zero-order valence-electron chi connectivity index (χ0n) is 7.77. The maximum absolute atomic E-state index is 10.9. The summed E-state index contributed by atoms with van der Waals surface area (Å²) in [5.74, 6) is 0.555. The van der Waals surface area contributed by atoms with Crippen LogP contribution < -0.4 is 4.74 Å². The Balaban J connectivity index is 2.28. The van der Waals surface area contributed by atoms with Crippen molar-refractivity contribution in [3.05, 3.63) is 29.3 Å². The summed E-state index contributed by atoms with van der Waals surface area (Å²) in [6, 6.07) is 5.15. The number of halogens is 1. The van der Waals surface area contributed by atoms with Crippen LogP contribution in [0.3, 0.4) is 0 Å². The first-order valence-electron chi connectivity index (χ1n) is 4.29. The van der Waals surface area contributed by atoms with Crippen molar-refractivity contribution in [2.75, 3.05) is 6.79 Å². The summed E-state index contributed by atoms with van der Waals surface area (Å²) in [5, 5.41) is 0. The molecule has 1 aliphatic heterocycles. The van der Waals surface area contributed by atoms with Crippen molar-refractivity contribution in [3.8, 4) is 5.75 Å². The standard InChI is InChI=1S/C9H9ClO4S/c10-15(11,12)5-7-1-2-9-8(3-7)4-13-6-14-9/h1-3H,4-6H2. The second kappa shape index (κ2) is 4.00. The summed E-state index contributed by atoms with van der Waals surface area (Å²) in [5.41, 5.74) is 1.48. The van der Waals surface area contributed by atoms with Crippen molar-refractivity contribution >= 4 is 19.7 Å². The van der Waals surface area contributed by atoms with Gasteiger partial charge < -0.3 is 9.47 Å². The van der Waals surface area contributed by atoms with Crippen molar-refractivity contribution in [3.63, 3.8) is 0 Å². The Morgan fingerprint density at radius 2 is 2.20 bits per heavy atom. The lowest BCUT2D eigenvalue weighted by molar-refractivity contribution is -0.0164. The maximum atomic E-state index is 10.9. The molecular formula is C9H9ClO4S. The lowest BCUT2D eigenvalue weighted by Gasteiger charge is -2.17. The first-order chi connectivity index (χ1) is 7.04. The molecule has 0 bridgehead atoms. The van der Waals surface area contributed by atoms with E-state index in [0.29, 0.717) is 12.2 Å². The summed E-state index contributed by atoms with van der Waals surface area (Å²) in [6.07, 6.45) is 0. The van der Waals surface area contributed by atoms with E-state index in [0.717, 1.165) is 11.3 Å². The third kappa shape index (κ3) is 2.84. The molecule has 82 valence electrons. The average molecular weight is 249 g/mol. The fourth-order valence-electron chi connectivity index (χ4n) is 1.43. The van der Waals surface area contributed by atoms with Gasteiger partial charge in [0.15, 0.2) is 6.79 Å². The van der Waals surface area contributed by atoms with Crippen molar-refractivity contribution in [1.82, 2.24) is 0 Å². The summed E-state index contributed by atoms with van der Waals surface area (Å²) < 4.78 is 32.0. The van der Waals surface area contributed by atoms with Crippen molar-refractivity contribution in [2.24, 2.45) is 0 Å². The van der Waals surface area contributed by atoms with E-state index in [2.05, 4.69) is 0 Å². The normalized spacial score (nSPS) is 15.5. The van der Waals surface area contributed by atoms with Crippen LogP contribution >= 0.6 is 10.7 Å². The van der Waals surface area contributed by atoms with E-state index in [9.17, 15) is 8.42 Å². The fraction of sp³-hybridized carbons (Fsp3) is 0.333. The molecule has 0 aliphatic carbocycles. The average Bonchev–Trinajstić information content (AvgIpc) is 2.15. The minimum atomic E-state index is -3.51. The second-order valence-corrected chi connectivity index (χ2v) is 6.01. The highest BCUT2D eigenvalue weighted by Gasteiger charge is 2.13. The molecule has 1 aromatic carbocycles. The highest BCUT2D eigenvalue weighted by molar-refractivity contribution is 8.13. The van der Waals surface area contributed by atoms with Gasteiger partial charge in [0.2, 0.25) is 9.05 Å². The summed E-state index contributed by atoms with van der Waals surface area (Å²) in [6.45, 7) is 0.672. The smallest absolute Gasteiger partial charge is 0.236 e. The Morgan fingerprint density at radius 3 is 2.93 bits per heavy atom. The van der Waals surface area contributed by atoms with Gasteiger partial charge in [-0.15, -0.1) is 0 Å². The van der Waals surface area contributed by atoms with E-state index in [4.69, 9.17) is 20.2 Å². The zero-order valence-corrected chi connectivity index (χ0v) is 9.35. The molecule has 4 nitrogen and oxygen atoms in total. The first kappa shape index (κ1) is 10.7. The largest absolute Gasteiger partial charge is 0.467 e. The van der Waals surface area contributed by atoms with E-state index in [1.807, 2.05) is 0 Å². The molecule has 0 radical (unpaired) electrons. The highest BCUT2D eigenvalue weighted by Crippen LogP contribution is 2.25. The van der Waals surface area contributed by atoms with Gasteiger partial charge in [0.05, 0.1) is 12.4 Å². The number of benzene rings is 1. The van der Waals surface area contributed by atoms with Gasteiger partial charge >= 0.3 is 0 Å². The van der Waals surface area contributed by atoms with Gasteiger partial charge in [0.25, 0.3) is 0 Å². The van der Waals surface area contributed by atoms with Gasteiger partial charge in [-0.2, -0.15) is 0 Å². The number of ether oxygens (including phenoxy) is 2. The third-order valence-corrected chi connectivity index (χ3v) is 3.02. The van der Waals surface area contributed by atoms with E-state index >= 15 is 0 Å². The molecule has 0 atom stereocenters. The molecule has 0 N–H and O–H groups in total.